The van der Waals surface area contributed by atoms with Gasteiger partial charge < -0.3 is 9.47 Å². The lowest BCUT2D eigenvalue weighted by atomic mass is 10.0. The molecule has 1 aliphatic rings. The van der Waals surface area contributed by atoms with Crippen molar-refractivity contribution in [1.82, 2.24) is 9.47 Å². The molecule has 0 fully saturated rings. The maximum atomic E-state index is 13.3. The summed E-state index contributed by atoms with van der Waals surface area (Å²) in [6.45, 7) is 0.871. The Morgan fingerprint density at radius 2 is 1.42 bits per heavy atom. The number of benzene rings is 3. The predicted molar refractivity (Wildman–Crippen MR) is 122 cm³/mol. The van der Waals surface area contributed by atoms with Crippen LogP contribution in [0.3, 0.4) is 0 Å². The van der Waals surface area contributed by atoms with Crippen LogP contribution in [0.2, 0.25) is 0 Å². The average Bonchev–Trinajstić information content (AvgIpc) is 3.16. The molecule has 0 saturated carbocycles. The molecule has 0 saturated heterocycles. The zero-order chi connectivity index (χ0) is 25.7. The van der Waals surface area contributed by atoms with Gasteiger partial charge in [0.15, 0.2) is 0 Å². The molecule has 0 bridgehead atoms. The van der Waals surface area contributed by atoms with Crippen LogP contribution in [-0.4, -0.2) is 21.9 Å². The highest BCUT2D eigenvalue weighted by Gasteiger charge is 2.38. The van der Waals surface area contributed by atoms with Gasteiger partial charge in [-0.3, -0.25) is 4.79 Å². The van der Waals surface area contributed by atoms with Gasteiger partial charge in [-0.05, 0) is 29.8 Å². The highest BCUT2D eigenvalue weighted by Crippen LogP contribution is 2.37. The van der Waals surface area contributed by atoms with E-state index in [9.17, 15) is 31.1 Å². The molecule has 186 valence electrons. The van der Waals surface area contributed by atoms with Crippen LogP contribution >= 0.6 is 0 Å². The second-order valence-electron chi connectivity index (χ2n) is 8.79. The van der Waals surface area contributed by atoms with Crippen molar-refractivity contribution < 1.29 is 31.1 Å². The van der Waals surface area contributed by atoms with E-state index >= 15 is 0 Å². The van der Waals surface area contributed by atoms with E-state index in [1.54, 1.807) is 0 Å². The van der Waals surface area contributed by atoms with E-state index in [1.165, 1.54) is 4.90 Å². The molecule has 2 heterocycles. The first-order valence-electron chi connectivity index (χ1n) is 11.2. The fourth-order valence-corrected chi connectivity index (χ4v) is 4.78. The zero-order valence-electron chi connectivity index (χ0n) is 18.8. The van der Waals surface area contributed by atoms with Crippen molar-refractivity contribution in [2.24, 2.45) is 0 Å². The van der Waals surface area contributed by atoms with E-state index < -0.39 is 35.0 Å². The van der Waals surface area contributed by atoms with Gasteiger partial charge in [0.25, 0.3) is 5.91 Å². The molecule has 36 heavy (non-hydrogen) atoms. The quantitative estimate of drug-likeness (QED) is 0.279. The van der Waals surface area contributed by atoms with Crippen LogP contribution in [0.4, 0.5) is 26.3 Å². The number of fused-ring (bicyclic) bond motifs is 3. The molecule has 0 unspecified atom stereocenters. The Morgan fingerprint density at radius 3 is 2.06 bits per heavy atom. The summed E-state index contributed by atoms with van der Waals surface area (Å²) in [6.07, 6.45) is -9.61. The maximum absolute atomic E-state index is 13.3. The van der Waals surface area contributed by atoms with Gasteiger partial charge in [0.05, 0.1) is 11.1 Å². The number of halogens is 6. The van der Waals surface area contributed by atoms with Crippen molar-refractivity contribution in [2.45, 2.75) is 31.9 Å². The zero-order valence-corrected chi connectivity index (χ0v) is 18.8. The van der Waals surface area contributed by atoms with Crippen LogP contribution in [0.25, 0.3) is 10.9 Å². The number of nitrogens with zero attached hydrogens (tertiary/aromatic N) is 2. The van der Waals surface area contributed by atoms with E-state index in [0.29, 0.717) is 25.1 Å². The Bertz CT molecular complexity index is 1400. The minimum Gasteiger partial charge on any atom is -0.340 e. The third-order valence-corrected chi connectivity index (χ3v) is 6.47. The number of carbonyl (C=O) groups excluding carboxylic acids is 1. The molecule has 0 N–H and O–H groups in total. The smallest absolute Gasteiger partial charge is 0.340 e. The second kappa shape index (κ2) is 8.72. The van der Waals surface area contributed by atoms with Gasteiger partial charge in [-0.25, -0.2) is 0 Å². The Kier molecular flexibility index (Phi) is 5.81. The van der Waals surface area contributed by atoms with E-state index in [0.717, 1.165) is 27.7 Å². The molecule has 3 nitrogen and oxygen atoms in total. The van der Waals surface area contributed by atoms with Crippen LogP contribution in [0.1, 0.15) is 38.3 Å². The van der Waals surface area contributed by atoms with Crippen LogP contribution in [-0.2, 0) is 31.9 Å². The molecule has 1 aliphatic heterocycles. The molecule has 0 spiro atoms. The Balaban J connectivity index is 1.52. The van der Waals surface area contributed by atoms with Crippen molar-refractivity contribution in [3.63, 3.8) is 0 Å². The summed E-state index contributed by atoms with van der Waals surface area (Å²) in [5.41, 5.74) is 0.264. The third kappa shape index (κ3) is 4.45. The molecular formula is C27H20F6N2O. The first-order chi connectivity index (χ1) is 17.0. The number of aromatic nitrogens is 1. The van der Waals surface area contributed by atoms with Gasteiger partial charge >= 0.3 is 12.4 Å². The second-order valence-corrected chi connectivity index (χ2v) is 8.79. The Labute approximate surface area is 202 Å². The fourth-order valence-electron chi connectivity index (χ4n) is 4.78. The molecule has 9 heteroatoms. The third-order valence-electron chi connectivity index (χ3n) is 6.47. The van der Waals surface area contributed by atoms with E-state index in [-0.39, 0.29) is 19.2 Å². The Morgan fingerprint density at radius 1 is 0.806 bits per heavy atom. The van der Waals surface area contributed by atoms with Crippen molar-refractivity contribution in [1.29, 1.82) is 0 Å². The first kappa shape index (κ1) is 24.0. The molecular weight excluding hydrogens is 482 g/mol. The molecule has 0 radical (unpaired) electrons. The lowest BCUT2D eigenvalue weighted by Gasteiger charge is -2.29. The molecule has 1 aromatic heterocycles. The molecule has 5 rings (SSSR count). The largest absolute Gasteiger partial charge is 0.416 e. The van der Waals surface area contributed by atoms with Crippen LogP contribution in [0.15, 0.2) is 72.8 Å². The van der Waals surface area contributed by atoms with Crippen molar-refractivity contribution >= 4 is 16.8 Å². The average molecular weight is 502 g/mol. The summed E-state index contributed by atoms with van der Waals surface area (Å²) in [7, 11) is 0. The molecule has 1 amide bonds. The summed E-state index contributed by atoms with van der Waals surface area (Å²) < 4.78 is 82.0. The van der Waals surface area contributed by atoms with Crippen molar-refractivity contribution in [2.75, 3.05) is 6.54 Å². The SMILES string of the molecule is O=C(c1cc(C(F)(F)F)cc(C(F)(F)F)c1)N1CCc2c(c3ccccc3n2Cc2ccccc2)C1. The highest BCUT2D eigenvalue weighted by molar-refractivity contribution is 5.95. The van der Waals surface area contributed by atoms with Gasteiger partial charge in [-0.1, -0.05) is 48.5 Å². The van der Waals surface area contributed by atoms with E-state index in [1.807, 2.05) is 54.6 Å². The summed E-state index contributed by atoms with van der Waals surface area (Å²) in [4.78, 5) is 14.5. The molecule has 0 aliphatic carbocycles. The van der Waals surface area contributed by atoms with Crippen molar-refractivity contribution in [3.05, 3.63) is 106 Å². The van der Waals surface area contributed by atoms with Gasteiger partial charge in [-0.15, -0.1) is 0 Å². The molecule has 0 atom stereocenters. The van der Waals surface area contributed by atoms with Gasteiger partial charge in [0, 0.05) is 53.8 Å². The first-order valence-corrected chi connectivity index (χ1v) is 11.2. The van der Waals surface area contributed by atoms with Gasteiger partial charge in [0.2, 0.25) is 0 Å². The normalized spacial score (nSPS) is 14.2. The molecule has 3 aromatic carbocycles. The lowest BCUT2D eigenvalue weighted by Crippen LogP contribution is -2.36. The topological polar surface area (TPSA) is 25.2 Å². The number of alkyl halides is 6. The summed E-state index contributed by atoms with van der Waals surface area (Å²) in [5.74, 6) is -0.864. The predicted octanol–water partition coefficient (Wildman–Crippen LogP) is 6.93. The van der Waals surface area contributed by atoms with E-state index in [2.05, 4.69) is 4.57 Å². The molecule has 4 aromatic rings. The summed E-state index contributed by atoms with van der Waals surface area (Å²) in [5, 5.41) is 0.904. The summed E-state index contributed by atoms with van der Waals surface area (Å²) >= 11 is 0. The minimum absolute atomic E-state index is 0.0301. The number of hydrogen-bond acceptors (Lipinski definition) is 1. The number of rotatable bonds is 3. The van der Waals surface area contributed by atoms with Crippen LogP contribution in [0, 0.1) is 0 Å². The number of hydrogen-bond donors (Lipinski definition) is 0. The minimum atomic E-state index is -5.02. The summed E-state index contributed by atoms with van der Waals surface area (Å²) in [6, 6.07) is 18.5. The number of para-hydroxylation sites is 1. The number of amides is 1. The Hall–Kier alpha value is -3.75. The van der Waals surface area contributed by atoms with Crippen LogP contribution < -0.4 is 0 Å². The standard InChI is InChI=1S/C27H20F6N2O/c28-26(29,30)19-12-18(13-20(14-19)27(31,32)33)25(36)34-11-10-24-22(16-34)21-8-4-5-9-23(21)35(24)15-17-6-2-1-3-7-17/h1-9,12-14H,10-11,15-16H2. The monoisotopic (exact) mass is 502 g/mol. The highest BCUT2D eigenvalue weighted by atomic mass is 19.4. The maximum Gasteiger partial charge on any atom is 0.416 e. The number of carbonyl (C=O) groups is 1. The van der Waals surface area contributed by atoms with Crippen molar-refractivity contribution in [3.8, 4) is 0 Å². The lowest BCUT2D eigenvalue weighted by molar-refractivity contribution is -0.143. The van der Waals surface area contributed by atoms with E-state index in [4.69, 9.17) is 0 Å². The van der Waals surface area contributed by atoms with Gasteiger partial charge in [0.1, 0.15) is 0 Å². The van der Waals surface area contributed by atoms with Crippen LogP contribution in [0.5, 0.6) is 0 Å². The van der Waals surface area contributed by atoms with Gasteiger partial charge in [-0.2, -0.15) is 26.3 Å². The fraction of sp³-hybridized carbons (Fsp3) is 0.222.